The number of ether oxygens (including phenoxy) is 2. The molecule has 1 saturated heterocycles. The minimum atomic E-state index is -3.61. The van der Waals surface area contributed by atoms with Gasteiger partial charge in [-0.2, -0.15) is 9.41 Å². The van der Waals surface area contributed by atoms with E-state index in [9.17, 15) is 13.2 Å². The van der Waals surface area contributed by atoms with Crippen LogP contribution in [0.4, 0.5) is 0 Å². The van der Waals surface area contributed by atoms with E-state index in [2.05, 4.69) is 10.5 Å². The first-order chi connectivity index (χ1) is 14.8. The smallest absolute Gasteiger partial charge is 0.243 e. The van der Waals surface area contributed by atoms with E-state index in [1.54, 1.807) is 44.6 Å². The van der Waals surface area contributed by atoms with Crippen molar-refractivity contribution in [3.05, 3.63) is 53.1 Å². The number of nitrogens with zero attached hydrogens (tertiary/aromatic N) is 2. The van der Waals surface area contributed by atoms with Gasteiger partial charge in [0.15, 0.2) is 0 Å². The molecule has 166 valence electrons. The lowest BCUT2D eigenvalue weighted by Gasteiger charge is -2.30. The highest BCUT2D eigenvalue weighted by atomic mass is 35.5. The van der Waals surface area contributed by atoms with Crippen LogP contribution in [0, 0.1) is 5.92 Å². The lowest BCUT2D eigenvalue weighted by Crippen LogP contribution is -2.42. The molecule has 0 unspecified atom stereocenters. The number of carbonyl (C=O) groups is 1. The normalized spacial score (nSPS) is 15.7. The molecule has 1 fully saturated rings. The Morgan fingerprint density at radius 1 is 1.13 bits per heavy atom. The van der Waals surface area contributed by atoms with Gasteiger partial charge in [0.2, 0.25) is 15.9 Å². The molecule has 1 aliphatic rings. The van der Waals surface area contributed by atoms with Crippen LogP contribution in [0.3, 0.4) is 0 Å². The average molecular weight is 466 g/mol. The third-order valence-corrected chi connectivity index (χ3v) is 7.26. The van der Waals surface area contributed by atoms with Gasteiger partial charge in [0.1, 0.15) is 11.5 Å². The molecule has 1 amide bonds. The lowest BCUT2D eigenvalue weighted by atomic mass is 9.98. The molecule has 1 aliphatic heterocycles. The highest BCUT2D eigenvalue weighted by molar-refractivity contribution is 7.89. The van der Waals surface area contributed by atoms with Gasteiger partial charge in [0.25, 0.3) is 0 Å². The van der Waals surface area contributed by atoms with Crippen molar-refractivity contribution in [1.29, 1.82) is 0 Å². The van der Waals surface area contributed by atoms with Crippen molar-refractivity contribution in [1.82, 2.24) is 9.73 Å². The molecule has 0 bridgehead atoms. The summed E-state index contributed by atoms with van der Waals surface area (Å²) in [6.45, 7) is 0.521. The van der Waals surface area contributed by atoms with Crippen molar-refractivity contribution in [3.8, 4) is 11.5 Å². The summed E-state index contributed by atoms with van der Waals surface area (Å²) >= 11 is 5.84. The standard InChI is InChI=1S/C21H24ClN3O5S/c1-29-18-5-8-20(30-2)16(13-18)14-23-24-21(26)15-9-11-25(12-10-15)31(27,28)19-6-3-17(22)4-7-19/h3-8,13-15H,9-12H2,1-2H3,(H,24,26)/b23-14-. The molecule has 0 saturated carbocycles. The number of rotatable bonds is 7. The van der Waals surface area contributed by atoms with Gasteiger partial charge < -0.3 is 9.47 Å². The SMILES string of the molecule is COc1ccc(OC)c(/C=N\NC(=O)C2CCN(S(=O)(=O)c3ccc(Cl)cc3)CC2)c1. The summed E-state index contributed by atoms with van der Waals surface area (Å²) in [6, 6.07) is 11.3. The summed E-state index contributed by atoms with van der Waals surface area (Å²) in [5.74, 6) is 0.671. The molecule has 2 aromatic rings. The van der Waals surface area contributed by atoms with Crippen LogP contribution >= 0.6 is 11.6 Å². The van der Waals surface area contributed by atoms with E-state index in [1.807, 2.05) is 0 Å². The van der Waals surface area contributed by atoms with E-state index in [1.165, 1.54) is 22.7 Å². The number of hydrogen-bond donors (Lipinski definition) is 1. The maximum Gasteiger partial charge on any atom is 0.243 e. The van der Waals surface area contributed by atoms with Gasteiger partial charge in [-0.1, -0.05) is 11.6 Å². The summed E-state index contributed by atoms with van der Waals surface area (Å²) in [5.41, 5.74) is 3.19. The molecule has 0 atom stereocenters. The monoisotopic (exact) mass is 465 g/mol. The molecule has 10 heteroatoms. The molecule has 0 aromatic heterocycles. The van der Waals surface area contributed by atoms with Crippen LogP contribution in [0.1, 0.15) is 18.4 Å². The average Bonchev–Trinajstić information content (AvgIpc) is 2.79. The Balaban J connectivity index is 1.57. The first kappa shape index (κ1) is 23.1. The van der Waals surface area contributed by atoms with Crippen molar-refractivity contribution < 1.29 is 22.7 Å². The van der Waals surface area contributed by atoms with Crippen LogP contribution in [0.2, 0.25) is 5.02 Å². The van der Waals surface area contributed by atoms with E-state index in [4.69, 9.17) is 21.1 Å². The largest absolute Gasteiger partial charge is 0.497 e. The number of amides is 1. The maximum absolute atomic E-state index is 12.8. The number of nitrogens with one attached hydrogen (secondary N) is 1. The molecule has 0 radical (unpaired) electrons. The Hall–Kier alpha value is -2.62. The van der Waals surface area contributed by atoms with Gasteiger partial charge in [-0.05, 0) is 55.3 Å². The van der Waals surface area contributed by atoms with Crippen molar-refractivity contribution >= 4 is 33.7 Å². The van der Waals surface area contributed by atoms with Crippen LogP contribution in [0.15, 0.2) is 52.5 Å². The number of sulfonamides is 1. The zero-order valence-electron chi connectivity index (χ0n) is 17.2. The van der Waals surface area contributed by atoms with Crippen molar-refractivity contribution in [2.24, 2.45) is 11.0 Å². The third kappa shape index (κ3) is 5.55. The second-order valence-electron chi connectivity index (χ2n) is 6.97. The van der Waals surface area contributed by atoms with Gasteiger partial charge in [0.05, 0.1) is 25.3 Å². The van der Waals surface area contributed by atoms with Crippen LogP contribution in [0.25, 0.3) is 0 Å². The summed E-state index contributed by atoms with van der Waals surface area (Å²) in [6.07, 6.45) is 2.31. The quantitative estimate of drug-likeness (QED) is 0.501. The van der Waals surface area contributed by atoms with Gasteiger partial charge in [0, 0.05) is 29.6 Å². The van der Waals surface area contributed by atoms with Gasteiger partial charge in [-0.25, -0.2) is 13.8 Å². The van der Waals surface area contributed by atoms with Crippen LogP contribution < -0.4 is 14.9 Å². The minimum Gasteiger partial charge on any atom is -0.497 e. The van der Waals surface area contributed by atoms with Gasteiger partial charge >= 0.3 is 0 Å². The fraction of sp³-hybridized carbons (Fsp3) is 0.333. The highest BCUT2D eigenvalue weighted by Crippen LogP contribution is 2.25. The zero-order valence-corrected chi connectivity index (χ0v) is 18.8. The molecule has 2 aromatic carbocycles. The predicted molar refractivity (Wildman–Crippen MR) is 118 cm³/mol. The van der Waals surface area contributed by atoms with Gasteiger partial charge in [-0.15, -0.1) is 0 Å². The molecule has 31 heavy (non-hydrogen) atoms. The van der Waals surface area contributed by atoms with Crippen LogP contribution in [-0.4, -0.2) is 52.2 Å². The molecule has 1 N–H and O–H groups in total. The molecule has 0 aliphatic carbocycles. The highest BCUT2D eigenvalue weighted by Gasteiger charge is 2.32. The van der Waals surface area contributed by atoms with E-state index >= 15 is 0 Å². The summed E-state index contributed by atoms with van der Waals surface area (Å²) in [5, 5.41) is 4.49. The first-order valence-corrected chi connectivity index (χ1v) is 11.5. The van der Waals surface area contributed by atoms with E-state index in [-0.39, 0.29) is 29.8 Å². The number of halogens is 1. The second kappa shape index (κ2) is 10.1. The fourth-order valence-corrected chi connectivity index (χ4v) is 4.91. The summed E-state index contributed by atoms with van der Waals surface area (Å²) in [7, 11) is -0.503. The number of hydrogen-bond acceptors (Lipinski definition) is 6. The number of piperidine rings is 1. The fourth-order valence-electron chi connectivity index (χ4n) is 3.31. The maximum atomic E-state index is 12.8. The Morgan fingerprint density at radius 3 is 2.42 bits per heavy atom. The minimum absolute atomic E-state index is 0.191. The Labute approximate surface area is 186 Å². The number of hydrazone groups is 1. The van der Waals surface area contributed by atoms with Crippen molar-refractivity contribution in [2.75, 3.05) is 27.3 Å². The van der Waals surface area contributed by atoms with Gasteiger partial charge in [-0.3, -0.25) is 4.79 Å². The molecular formula is C21H24ClN3O5S. The third-order valence-electron chi connectivity index (χ3n) is 5.09. The number of benzene rings is 2. The molecule has 3 rings (SSSR count). The predicted octanol–water partition coefficient (Wildman–Crippen LogP) is 2.91. The Kier molecular flexibility index (Phi) is 7.53. The number of methoxy groups -OCH3 is 2. The molecular weight excluding hydrogens is 442 g/mol. The Morgan fingerprint density at radius 2 is 1.81 bits per heavy atom. The van der Waals surface area contributed by atoms with E-state index in [0.29, 0.717) is 34.9 Å². The number of carbonyl (C=O) groups excluding carboxylic acids is 1. The first-order valence-electron chi connectivity index (χ1n) is 9.66. The summed E-state index contributed by atoms with van der Waals surface area (Å²) < 4.78 is 37.4. The van der Waals surface area contributed by atoms with Crippen molar-refractivity contribution in [2.45, 2.75) is 17.7 Å². The van der Waals surface area contributed by atoms with Crippen LogP contribution in [0.5, 0.6) is 11.5 Å². The molecule has 8 nitrogen and oxygen atoms in total. The molecule has 0 spiro atoms. The lowest BCUT2D eigenvalue weighted by molar-refractivity contribution is -0.126. The topological polar surface area (TPSA) is 97.3 Å². The van der Waals surface area contributed by atoms with E-state index < -0.39 is 10.0 Å². The van der Waals surface area contributed by atoms with E-state index in [0.717, 1.165) is 0 Å². The second-order valence-corrected chi connectivity index (χ2v) is 9.35. The Bertz CT molecular complexity index is 1050. The zero-order chi connectivity index (χ0) is 22.4. The van der Waals surface area contributed by atoms with Crippen LogP contribution in [-0.2, 0) is 14.8 Å². The summed E-state index contributed by atoms with van der Waals surface area (Å²) in [4.78, 5) is 12.7. The molecule has 1 heterocycles. The van der Waals surface area contributed by atoms with Crippen molar-refractivity contribution in [3.63, 3.8) is 0 Å².